The molecule has 0 unspecified atom stereocenters. The Labute approximate surface area is 123 Å². The van der Waals surface area contributed by atoms with Crippen LogP contribution in [-0.4, -0.2) is 42.6 Å². The van der Waals surface area contributed by atoms with E-state index in [2.05, 4.69) is 4.72 Å². The molecule has 20 heavy (non-hydrogen) atoms. The van der Waals surface area contributed by atoms with Crippen molar-refractivity contribution in [1.29, 1.82) is 0 Å². The van der Waals surface area contributed by atoms with Crippen LogP contribution in [0.15, 0.2) is 17.2 Å². The molecule has 114 valence electrons. The average molecular weight is 320 g/mol. The first kappa shape index (κ1) is 17.1. The molecule has 1 aromatic rings. The molecule has 0 saturated heterocycles. The van der Waals surface area contributed by atoms with Gasteiger partial charge < -0.3 is 9.67 Å². The van der Waals surface area contributed by atoms with E-state index in [0.29, 0.717) is 6.54 Å². The number of carbonyl (C=O) groups is 1. The third kappa shape index (κ3) is 4.84. The van der Waals surface area contributed by atoms with Crippen molar-refractivity contribution in [1.82, 2.24) is 9.29 Å². The second kappa shape index (κ2) is 7.70. The number of nitrogens with zero attached hydrogens (tertiary/aromatic N) is 1. The van der Waals surface area contributed by atoms with Crippen molar-refractivity contribution in [2.45, 2.75) is 24.2 Å². The summed E-state index contributed by atoms with van der Waals surface area (Å²) in [6.45, 7) is 0.369. The number of hydrogen-bond acceptors (Lipinski definition) is 4. The summed E-state index contributed by atoms with van der Waals surface area (Å²) in [5.74, 6) is -0.0704. The number of sulfonamides is 1. The molecule has 6 nitrogen and oxygen atoms in total. The molecular weight excluding hydrogens is 300 g/mol. The van der Waals surface area contributed by atoms with E-state index in [0.717, 1.165) is 25.0 Å². The van der Waals surface area contributed by atoms with Crippen molar-refractivity contribution in [2.75, 3.05) is 18.6 Å². The van der Waals surface area contributed by atoms with Crippen LogP contribution in [-0.2, 0) is 17.1 Å². The normalized spacial score (nSPS) is 11.7. The number of rotatable bonds is 9. The van der Waals surface area contributed by atoms with Crippen molar-refractivity contribution in [3.05, 3.63) is 18.0 Å². The van der Waals surface area contributed by atoms with Crippen molar-refractivity contribution >= 4 is 27.8 Å². The van der Waals surface area contributed by atoms with Gasteiger partial charge in [-0.2, -0.15) is 11.8 Å². The molecule has 0 atom stereocenters. The highest BCUT2D eigenvalue weighted by Crippen LogP contribution is 2.13. The fourth-order valence-corrected chi connectivity index (χ4v) is 3.37. The Kier molecular flexibility index (Phi) is 6.57. The van der Waals surface area contributed by atoms with E-state index in [-0.39, 0.29) is 10.6 Å². The maximum absolute atomic E-state index is 12.0. The largest absolute Gasteiger partial charge is 0.477 e. The molecule has 1 rings (SSSR count). The van der Waals surface area contributed by atoms with Gasteiger partial charge in [0.25, 0.3) is 0 Å². The zero-order valence-electron chi connectivity index (χ0n) is 11.6. The summed E-state index contributed by atoms with van der Waals surface area (Å²) in [6.07, 6.45) is 6.16. The number of hydrogen-bond donors (Lipinski definition) is 2. The molecule has 0 bridgehead atoms. The number of carboxylic acid groups (broad SMARTS) is 1. The lowest BCUT2D eigenvalue weighted by atomic mass is 10.2. The molecule has 0 spiro atoms. The molecule has 0 aliphatic heterocycles. The molecular formula is C12H20N2O4S2. The van der Waals surface area contributed by atoms with Crippen LogP contribution in [0.3, 0.4) is 0 Å². The smallest absolute Gasteiger partial charge is 0.352 e. The predicted molar refractivity (Wildman–Crippen MR) is 79.8 cm³/mol. The zero-order valence-corrected chi connectivity index (χ0v) is 13.3. The van der Waals surface area contributed by atoms with Gasteiger partial charge in [-0.05, 0) is 30.9 Å². The molecule has 8 heteroatoms. The zero-order chi connectivity index (χ0) is 15.2. The molecule has 0 aliphatic carbocycles. The third-order valence-corrected chi connectivity index (χ3v) is 4.95. The quantitative estimate of drug-likeness (QED) is 0.674. The summed E-state index contributed by atoms with van der Waals surface area (Å²) in [7, 11) is -2.12. The molecule has 2 N–H and O–H groups in total. The molecule has 0 saturated carbocycles. The lowest BCUT2D eigenvalue weighted by Gasteiger charge is -2.04. The number of aromatic nitrogens is 1. The Balaban J connectivity index is 2.56. The van der Waals surface area contributed by atoms with E-state index in [1.165, 1.54) is 23.9 Å². The van der Waals surface area contributed by atoms with Crippen LogP contribution in [0.1, 0.15) is 29.8 Å². The number of carboxylic acids is 1. The minimum atomic E-state index is -3.63. The van der Waals surface area contributed by atoms with Gasteiger partial charge in [0.1, 0.15) is 10.6 Å². The van der Waals surface area contributed by atoms with Crippen molar-refractivity contribution < 1.29 is 18.3 Å². The second-order valence-electron chi connectivity index (χ2n) is 4.43. The number of aryl methyl sites for hydroxylation is 1. The summed E-state index contributed by atoms with van der Waals surface area (Å²) in [4.78, 5) is 10.9. The van der Waals surface area contributed by atoms with E-state index >= 15 is 0 Å². The van der Waals surface area contributed by atoms with Gasteiger partial charge in [0.2, 0.25) is 10.0 Å². The molecule has 0 amide bonds. The summed E-state index contributed by atoms with van der Waals surface area (Å²) < 4.78 is 27.8. The number of thioether (sulfide) groups is 1. The van der Waals surface area contributed by atoms with Crippen LogP contribution in [0.5, 0.6) is 0 Å². The Bertz CT molecular complexity index is 552. The number of aromatic carboxylic acids is 1. The van der Waals surface area contributed by atoms with Crippen molar-refractivity contribution in [3.8, 4) is 0 Å². The highest BCUT2D eigenvalue weighted by molar-refractivity contribution is 7.98. The first-order valence-corrected chi connectivity index (χ1v) is 9.14. The molecule has 0 fully saturated rings. The Morgan fingerprint density at radius 3 is 2.65 bits per heavy atom. The van der Waals surface area contributed by atoms with Gasteiger partial charge in [-0.3, -0.25) is 0 Å². The minimum absolute atomic E-state index is 0.0125. The monoisotopic (exact) mass is 320 g/mol. The number of unbranched alkanes of at least 4 members (excludes halogenated alkanes) is 2. The summed E-state index contributed by atoms with van der Waals surface area (Å²) in [5.41, 5.74) is -0.0506. The minimum Gasteiger partial charge on any atom is -0.477 e. The van der Waals surface area contributed by atoms with E-state index in [1.54, 1.807) is 11.8 Å². The summed E-state index contributed by atoms with van der Waals surface area (Å²) in [5, 5.41) is 8.90. The fraction of sp³-hybridized carbons (Fsp3) is 0.583. The van der Waals surface area contributed by atoms with E-state index in [9.17, 15) is 13.2 Å². The van der Waals surface area contributed by atoms with Gasteiger partial charge in [0.15, 0.2) is 0 Å². The van der Waals surface area contributed by atoms with Gasteiger partial charge in [-0.1, -0.05) is 6.42 Å². The van der Waals surface area contributed by atoms with Crippen LogP contribution in [0.4, 0.5) is 0 Å². The maximum atomic E-state index is 12.0. The molecule has 0 aliphatic rings. The molecule has 1 heterocycles. The van der Waals surface area contributed by atoms with Gasteiger partial charge in [0, 0.05) is 19.8 Å². The fourth-order valence-electron chi connectivity index (χ4n) is 1.73. The summed E-state index contributed by atoms with van der Waals surface area (Å²) >= 11 is 1.77. The average Bonchev–Trinajstić information content (AvgIpc) is 2.76. The number of nitrogens with one attached hydrogen (secondary N) is 1. The van der Waals surface area contributed by atoms with Crippen LogP contribution in [0.25, 0.3) is 0 Å². The second-order valence-corrected chi connectivity index (χ2v) is 7.18. The highest BCUT2D eigenvalue weighted by atomic mass is 32.2. The van der Waals surface area contributed by atoms with Crippen molar-refractivity contribution in [3.63, 3.8) is 0 Å². The maximum Gasteiger partial charge on any atom is 0.352 e. The standard InChI is InChI=1S/C12H20N2O4S2/c1-14-9-10(8-11(14)12(15)16)20(17,18)13-6-4-3-5-7-19-2/h8-9,13H,3-7H2,1-2H3,(H,15,16). The van der Waals surface area contributed by atoms with E-state index < -0.39 is 16.0 Å². The van der Waals surface area contributed by atoms with Gasteiger partial charge in [0.05, 0.1) is 0 Å². The molecule has 0 radical (unpaired) electrons. The molecule has 1 aromatic heterocycles. The van der Waals surface area contributed by atoms with E-state index in [4.69, 9.17) is 5.11 Å². The van der Waals surface area contributed by atoms with Crippen molar-refractivity contribution in [2.24, 2.45) is 7.05 Å². The van der Waals surface area contributed by atoms with Crippen LogP contribution in [0.2, 0.25) is 0 Å². The van der Waals surface area contributed by atoms with Gasteiger partial charge in [-0.25, -0.2) is 17.9 Å². The lowest BCUT2D eigenvalue weighted by molar-refractivity contribution is 0.0686. The predicted octanol–water partition coefficient (Wildman–Crippen LogP) is 1.53. The van der Waals surface area contributed by atoms with Gasteiger partial charge in [-0.15, -0.1) is 0 Å². The van der Waals surface area contributed by atoms with Crippen LogP contribution >= 0.6 is 11.8 Å². The highest BCUT2D eigenvalue weighted by Gasteiger charge is 2.19. The van der Waals surface area contributed by atoms with Crippen LogP contribution in [0, 0.1) is 0 Å². The first-order chi connectivity index (χ1) is 9.38. The van der Waals surface area contributed by atoms with E-state index in [1.807, 2.05) is 6.26 Å². The van der Waals surface area contributed by atoms with Gasteiger partial charge >= 0.3 is 5.97 Å². The Morgan fingerprint density at radius 2 is 2.10 bits per heavy atom. The van der Waals surface area contributed by atoms with Crippen LogP contribution < -0.4 is 4.72 Å². The Hall–Kier alpha value is -0.990. The lowest BCUT2D eigenvalue weighted by Crippen LogP contribution is -2.24. The first-order valence-electron chi connectivity index (χ1n) is 6.26. The summed E-state index contributed by atoms with van der Waals surface area (Å²) in [6, 6.07) is 1.17. The SMILES string of the molecule is CSCCCCCNS(=O)(=O)c1cc(C(=O)O)n(C)c1. The third-order valence-electron chi connectivity index (χ3n) is 2.83. The molecule has 0 aromatic carbocycles. The Morgan fingerprint density at radius 1 is 1.40 bits per heavy atom. The topological polar surface area (TPSA) is 88.4 Å².